The van der Waals surface area contributed by atoms with Crippen LogP contribution in [0.15, 0.2) is 6.20 Å². The number of nitrogens with one attached hydrogen (secondary N) is 1. The minimum Gasteiger partial charge on any atom is -0.465 e. The lowest BCUT2D eigenvalue weighted by atomic mass is 9.98. The Kier molecular flexibility index (Phi) is 2.74. The third-order valence-corrected chi connectivity index (χ3v) is 4.28. The van der Waals surface area contributed by atoms with Gasteiger partial charge in [-0.3, -0.25) is 4.90 Å². The molecule has 0 saturated carbocycles. The molecule has 1 amide bonds. The Bertz CT molecular complexity index is 574. The number of fused-ring (bicyclic) bond motifs is 1. The summed E-state index contributed by atoms with van der Waals surface area (Å²) in [7, 11) is 0. The lowest BCUT2D eigenvalue weighted by molar-refractivity contribution is 0.0991. The zero-order valence-electron chi connectivity index (χ0n) is 11.7. The van der Waals surface area contributed by atoms with Crippen molar-refractivity contribution in [3.8, 4) is 0 Å². The van der Waals surface area contributed by atoms with Gasteiger partial charge in [-0.15, -0.1) is 0 Å². The van der Waals surface area contributed by atoms with E-state index in [2.05, 4.69) is 29.1 Å². The minimum absolute atomic E-state index is 0.155. The molecule has 1 unspecified atom stereocenters. The van der Waals surface area contributed by atoms with E-state index in [-0.39, 0.29) is 5.54 Å². The van der Waals surface area contributed by atoms with Crippen molar-refractivity contribution in [2.75, 3.05) is 6.54 Å². The van der Waals surface area contributed by atoms with E-state index < -0.39 is 11.8 Å². The molecule has 0 spiro atoms. The average molecular weight is 277 g/mol. The maximum atomic E-state index is 11.3. The first-order valence-electron chi connectivity index (χ1n) is 6.76. The van der Waals surface area contributed by atoms with Crippen molar-refractivity contribution in [1.82, 2.24) is 20.2 Å². The summed E-state index contributed by atoms with van der Waals surface area (Å²) in [5.74, 6) is 0.399. The van der Waals surface area contributed by atoms with Crippen molar-refractivity contribution in [3.63, 3.8) is 0 Å². The molecule has 1 fully saturated rings. The molecule has 0 aliphatic carbocycles. The molecule has 2 aliphatic rings. The smallest absolute Gasteiger partial charge is 0.409 e. The molecule has 1 aromatic rings. The monoisotopic (exact) mass is 277 g/mol. The Balaban J connectivity index is 2.02. The number of hydrogen-bond acceptors (Lipinski definition) is 5. The van der Waals surface area contributed by atoms with Gasteiger partial charge < -0.3 is 16.2 Å². The number of aromatic nitrogens is 2. The number of carboxylic acid groups (broad SMARTS) is 1. The van der Waals surface area contributed by atoms with Crippen molar-refractivity contribution in [2.45, 2.75) is 44.4 Å². The Morgan fingerprint density at radius 1 is 1.55 bits per heavy atom. The Labute approximate surface area is 117 Å². The van der Waals surface area contributed by atoms with Gasteiger partial charge in [-0.1, -0.05) is 0 Å². The van der Waals surface area contributed by atoms with Gasteiger partial charge in [0.2, 0.25) is 0 Å². The van der Waals surface area contributed by atoms with Crippen LogP contribution in [-0.4, -0.2) is 32.6 Å². The highest BCUT2D eigenvalue weighted by molar-refractivity contribution is 5.66. The van der Waals surface area contributed by atoms with Crippen LogP contribution in [0.4, 0.5) is 4.79 Å². The van der Waals surface area contributed by atoms with Crippen LogP contribution in [0.3, 0.4) is 0 Å². The van der Waals surface area contributed by atoms with Gasteiger partial charge in [0.15, 0.2) is 11.5 Å². The number of carbonyl (C=O) groups is 1. The second-order valence-electron chi connectivity index (χ2n) is 5.99. The van der Waals surface area contributed by atoms with Crippen molar-refractivity contribution < 1.29 is 9.90 Å². The van der Waals surface area contributed by atoms with Crippen molar-refractivity contribution in [2.24, 2.45) is 5.73 Å². The SMILES string of the molecule is CC1(C)NCc2nc(C3(N)CCCN3C(=O)O)ncc21. The maximum Gasteiger partial charge on any atom is 0.409 e. The van der Waals surface area contributed by atoms with Gasteiger partial charge in [0.25, 0.3) is 0 Å². The van der Waals surface area contributed by atoms with Gasteiger partial charge in [-0.05, 0) is 26.7 Å². The first-order valence-corrected chi connectivity index (χ1v) is 6.76. The largest absolute Gasteiger partial charge is 0.465 e. The number of nitrogens with two attached hydrogens (primary N) is 1. The fraction of sp³-hybridized carbons (Fsp3) is 0.615. The van der Waals surface area contributed by atoms with E-state index in [0.29, 0.717) is 25.3 Å². The molecule has 3 heterocycles. The van der Waals surface area contributed by atoms with E-state index in [1.165, 1.54) is 4.90 Å². The summed E-state index contributed by atoms with van der Waals surface area (Å²) < 4.78 is 0. The highest BCUT2D eigenvalue weighted by Gasteiger charge is 2.45. The van der Waals surface area contributed by atoms with E-state index in [4.69, 9.17) is 5.73 Å². The lowest BCUT2D eigenvalue weighted by Gasteiger charge is -2.31. The Hall–Kier alpha value is -1.73. The predicted octanol–water partition coefficient (Wildman–Crippen LogP) is 0.700. The zero-order valence-corrected chi connectivity index (χ0v) is 11.7. The molecule has 20 heavy (non-hydrogen) atoms. The Morgan fingerprint density at radius 2 is 2.30 bits per heavy atom. The molecule has 0 bridgehead atoms. The van der Waals surface area contributed by atoms with Crippen LogP contribution in [0, 0.1) is 0 Å². The first-order chi connectivity index (χ1) is 9.34. The summed E-state index contributed by atoms with van der Waals surface area (Å²) in [5.41, 5.74) is 6.98. The molecule has 108 valence electrons. The third kappa shape index (κ3) is 1.77. The molecule has 4 N–H and O–H groups in total. The van der Waals surface area contributed by atoms with Crippen molar-refractivity contribution in [3.05, 3.63) is 23.3 Å². The van der Waals surface area contributed by atoms with Gasteiger partial charge in [-0.25, -0.2) is 14.8 Å². The summed E-state index contributed by atoms with van der Waals surface area (Å²) >= 11 is 0. The minimum atomic E-state index is -1.10. The topological polar surface area (TPSA) is 104 Å². The summed E-state index contributed by atoms with van der Waals surface area (Å²) in [6, 6.07) is 0. The number of amides is 1. The third-order valence-electron chi connectivity index (χ3n) is 4.28. The van der Waals surface area contributed by atoms with Crippen LogP contribution in [-0.2, 0) is 17.7 Å². The Morgan fingerprint density at radius 3 is 3.00 bits per heavy atom. The normalized spacial score (nSPS) is 27.6. The summed E-state index contributed by atoms with van der Waals surface area (Å²) in [4.78, 5) is 21.4. The van der Waals surface area contributed by atoms with Crippen LogP contribution in [0.25, 0.3) is 0 Å². The van der Waals surface area contributed by atoms with E-state index in [1.807, 2.05) is 0 Å². The van der Waals surface area contributed by atoms with Crippen LogP contribution >= 0.6 is 0 Å². The van der Waals surface area contributed by atoms with E-state index in [0.717, 1.165) is 17.7 Å². The van der Waals surface area contributed by atoms with Gasteiger partial charge in [0.1, 0.15) is 0 Å². The van der Waals surface area contributed by atoms with Gasteiger partial charge >= 0.3 is 6.09 Å². The number of nitrogens with zero attached hydrogens (tertiary/aromatic N) is 3. The molecule has 1 atom stereocenters. The second-order valence-corrected chi connectivity index (χ2v) is 5.99. The van der Waals surface area contributed by atoms with Crippen LogP contribution in [0.2, 0.25) is 0 Å². The number of rotatable bonds is 1. The molecule has 1 aromatic heterocycles. The van der Waals surface area contributed by atoms with Gasteiger partial charge in [0.05, 0.1) is 5.69 Å². The van der Waals surface area contributed by atoms with Gasteiger partial charge in [0, 0.05) is 30.4 Å². The first kappa shape index (κ1) is 13.3. The molecule has 0 radical (unpaired) electrons. The zero-order chi connectivity index (χ0) is 14.5. The average Bonchev–Trinajstić information content (AvgIpc) is 2.92. The number of hydrogen-bond donors (Lipinski definition) is 3. The number of likely N-dealkylation sites (tertiary alicyclic amines) is 1. The summed E-state index contributed by atoms with van der Waals surface area (Å²) in [6.07, 6.45) is 2.03. The van der Waals surface area contributed by atoms with Gasteiger partial charge in [-0.2, -0.15) is 0 Å². The van der Waals surface area contributed by atoms with Crippen molar-refractivity contribution >= 4 is 6.09 Å². The van der Waals surface area contributed by atoms with Crippen LogP contribution < -0.4 is 11.1 Å². The maximum absolute atomic E-state index is 11.3. The van der Waals surface area contributed by atoms with E-state index >= 15 is 0 Å². The fourth-order valence-corrected chi connectivity index (χ4v) is 3.02. The molecular weight excluding hydrogens is 258 g/mol. The summed E-state index contributed by atoms with van der Waals surface area (Å²) in [5, 5.41) is 12.6. The quantitative estimate of drug-likeness (QED) is 0.698. The predicted molar refractivity (Wildman–Crippen MR) is 71.7 cm³/mol. The molecule has 3 rings (SSSR count). The molecule has 2 aliphatic heterocycles. The highest BCUT2D eigenvalue weighted by atomic mass is 16.4. The van der Waals surface area contributed by atoms with Crippen LogP contribution in [0.1, 0.15) is 43.8 Å². The second kappa shape index (κ2) is 4.13. The van der Waals surface area contributed by atoms with Crippen LogP contribution in [0.5, 0.6) is 0 Å². The molecule has 1 saturated heterocycles. The van der Waals surface area contributed by atoms with E-state index in [1.54, 1.807) is 6.20 Å². The molecule has 7 nitrogen and oxygen atoms in total. The lowest BCUT2D eigenvalue weighted by Crippen LogP contribution is -2.52. The fourth-order valence-electron chi connectivity index (χ4n) is 3.02. The highest BCUT2D eigenvalue weighted by Crippen LogP contribution is 2.34. The molecular formula is C13H19N5O2. The molecule has 7 heteroatoms. The standard InChI is InChI=1S/C13H19N5O2/c1-12(2)8-6-15-10(17-9(8)7-16-12)13(14)4-3-5-18(13)11(19)20/h6,16H,3-5,7,14H2,1-2H3,(H,19,20). The molecule has 0 aromatic carbocycles. The van der Waals surface area contributed by atoms with Crippen molar-refractivity contribution in [1.29, 1.82) is 0 Å². The van der Waals surface area contributed by atoms with E-state index in [9.17, 15) is 9.90 Å². The summed E-state index contributed by atoms with van der Waals surface area (Å²) in [6.45, 7) is 5.22.